The van der Waals surface area contributed by atoms with Gasteiger partial charge < -0.3 is 74.7 Å². The average Bonchev–Trinajstić information content (AvgIpc) is 3.10. The Balaban J connectivity index is 1.63. The molecule has 0 bridgehead atoms. The Kier molecular flexibility index (Phi) is 9.38. The van der Waals surface area contributed by atoms with Crippen LogP contribution in [-0.4, -0.2) is 139 Å². The molecule has 2 aromatic rings. The highest BCUT2D eigenvalue weighted by Crippen LogP contribution is 2.42. The fraction of sp³-hybridized carbons (Fsp3) is 0.520. The van der Waals surface area contributed by atoms with Gasteiger partial charge in [0.1, 0.15) is 48.8 Å². The van der Waals surface area contributed by atoms with E-state index in [1.807, 2.05) is 0 Å². The minimum Gasteiger partial charge on any atom is -0.504 e. The molecule has 42 heavy (non-hydrogen) atoms. The highest BCUT2D eigenvalue weighted by Gasteiger charge is 2.51. The Morgan fingerprint density at radius 1 is 0.810 bits per heavy atom. The summed E-state index contributed by atoms with van der Waals surface area (Å²) in [7, 11) is 1.05. The predicted molar refractivity (Wildman–Crippen MR) is 134 cm³/mol. The number of carbonyl (C=O) groups excluding carboxylic acids is 1. The van der Waals surface area contributed by atoms with Crippen molar-refractivity contribution in [2.75, 3.05) is 20.3 Å². The van der Waals surface area contributed by atoms with Crippen molar-refractivity contribution >= 4 is 16.7 Å². The first-order chi connectivity index (χ1) is 19.8. The SMILES string of the molecule is COC(=O)c1cc(O)c(=O)c2c(O)c(O)c(O[C@@H]3O[C@H](CO)[C@@H](O[C@H]4OC(CO)[C@@H](O)[C@H](O)[C@H]4O)[C@H](O)[C@H]3O)cc2c1. The lowest BCUT2D eigenvalue weighted by molar-refractivity contribution is -0.352. The number of aliphatic hydroxyl groups excluding tert-OH is 7. The highest BCUT2D eigenvalue weighted by molar-refractivity contribution is 5.98. The molecule has 2 aliphatic heterocycles. The first kappa shape index (κ1) is 31.6. The topological polar surface area (TPSA) is 283 Å². The number of aliphatic hydroxyl groups is 7. The van der Waals surface area contributed by atoms with Crippen molar-refractivity contribution in [2.45, 2.75) is 61.4 Å². The van der Waals surface area contributed by atoms with Crippen LogP contribution in [0.5, 0.6) is 23.0 Å². The average molecular weight is 602 g/mol. The summed E-state index contributed by atoms with van der Waals surface area (Å²) in [4.78, 5) is 24.7. The van der Waals surface area contributed by atoms with Gasteiger partial charge in [-0.15, -0.1) is 0 Å². The van der Waals surface area contributed by atoms with Gasteiger partial charge in [-0.1, -0.05) is 0 Å². The zero-order valence-electron chi connectivity index (χ0n) is 21.7. The number of hydrogen-bond acceptors (Lipinski definition) is 17. The van der Waals surface area contributed by atoms with Crippen molar-refractivity contribution in [3.8, 4) is 23.0 Å². The molecule has 17 heteroatoms. The second kappa shape index (κ2) is 12.5. The molecule has 2 aliphatic rings. The van der Waals surface area contributed by atoms with Crippen LogP contribution in [0.15, 0.2) is 23.0 Å². The number of carbonyl (C=O) groups is 1. The van der Waals surface area contributed by atoms with Crippen LogP contribution in [0, 0.1) is 0 Å². The highest BCUT2D eigenvalue weighted by atomic mass is 16.7. The van der Waals surface area contributed by atoms with E-state index in [0.29, 0.717) is 0 Å². The fourth-order valence-corrected chi connectivity index (χ4v) is 4.66. The minimum absolute atomic E-state index is 0.223. The van der Waals surface area contributed by atoms with Gasteiger partial charge in [-0.05, 0) is 23.6 Å². The fourth-order valence-electron chi connectivity index (χ4n) is 4.66. The van der Waals surface area contributed by atoms with Crippen LogP contribution in [0.25, 0.3) is 10.8 Å². The second-order valence-electron chi connectivity index (χ2n) is 9.61. The molecular formula is C25H30O17. The minimum atomic E-state index is -2.00. The van der Waals surface area contributed by atoms with Gasteiger partial charge in [0.25, 0.3) is 0 Å². The normalized spacial score (nSPS) is 33.3. The summed E-state index contributed by atoms with van der Waals surface area (Å²) in [6.07, 6.45) is -17.5. The van der Waals surface area contributed by atoms with Crippen LogP contribution in [-0.2, 0) is 18.9 Å². The maximum Gasteiger partial charge on any atom is 0.338 e. The smallest absolute Gasteiger partial charge is 0.338 e. The number of phenols is 2. The van der Waals surface area contributed by atoms with E-state index < -0.39 is 114 Å². The van der Waals surface area contributed by atoms with Crippen molar-refractivity contribution in [1.29, 1.82) is 0 Å². The third-order valence-electron chi connectivity index (χ3n) is 6.96. The first-order valence-corrected chi connectivity index (χ1v) is 12.4. The van der Waals surface area contributed by atoms with E-state index in [4.69, 9.17) is 18.9 Å². The van der Waals surface area contributed by atoms with E-state index in [0.717, 1.165) is 25.3 Å². The predicted octanol–water partition coefficient (Wildman–Crippen LogP) is -3.89. The van der Waals surface area contributed by atoms with Crippen LogP contribution >= 0.6 is 0 Å². The number of aromatic hydroxyl groups is 3. The molecule has 2 aromatic carbocycles. The van der Waals surface area contributed by atoms with Gasteiger partial charge >= 0.3 is 5.97 Å². The molecule has 0 aromatic heterocycles. The van der Waals surface area contributed by atoms with Crippen LogP contribution in [0.2, 0.25) is 0 Å². The third kappa shape index (κ3) is 5.66. The molecule has 4 rings (SSSR count). The van der Waals surface area contributed by atoms with Gasteiger partial charge in [0.2, 0.25) is 17.5 Å². The van der Waals surface area contributed by atoms with E-state index in [9.17, 15) is 60.7 Å². The van der Waals surface area contributed by atoms with E-state index in [-0.39, 0.29) is 10.9 Å². The van der Waals surface area contributed by atoms with Crippen molar-refractivity contribution in [2.24, 2.45) is 0 Å². The van der Waals surface area contributed by atoms with E-state index in [2.05, 4.69) is 4.74 Å². The number of benzene rings is 1. The molecule has 0 aliphatic carbocycles. The first-order valence-electron chi connectivity index (χ1n) is 12.4. The Hall–Kier alpha value is -3.36. The summed E-state index contributed by atoms with van der Waals surface area (Å²) in [6, 6.07) is 2.80. The quantitative estimate of drug-likeness (QED) is 0.107. The number of hydrogen-bond donors (Lipinski definition) is 10. The summed E-state index contributed by atoms with van der Waals surface area (Å²) in [5.74, 6) is -4.64. The van der Waals surface area contributed by atoms with Crippen molar-refractivity contribution in [1.82, 2.24) is 0 Å². The van der Waals surface area contributed by atoms with Crippen molar-refractivity contribution in [3.05, 3.63) is 34.0 Å². The lowest BCUT2D eigenvalue weighted by Gasteiger charge is -2.45. The van der Waals surface area contributed by atoms with Crippen LogP contribution in [0.1, 0.15) is 10.4 Å². The summed E-state index contributed by atoms with van der Waals surface area (Å²) in [5.41, 5.74) is -1.46. The van der Waals surface area contributed by atoms with Gasteiger partial charge in [0, 0.05) is 0 Å². The molecule has 1 unspecified atom stereocenters. The van der Waals surface area contributed by atoms with Crippen LogP contribution in [0.3, 0.4) is 0 Å². The molecule has 0 saturated carbocycles. The maximum atomic E-state index is 12.6. The molecule has 0 amide bonds. The summed E-state index contributed by atoms with van der Waals surface area (Å²) in [5, 5.41) is 101. The number of esters is 1. The maximum absolute atomic E-state index is 12.6. The Morgan fingerprint density at radius 2 is 1.43 bits per heavy atom. The van der Waals surface area contributed by atoms with Gasteiger partial charge in [0.05, 0.1) is 31.3 Å². The van der Waals surface area contributed by atoms with E-state index in [1.165, 1.54) is 0 Å². The van der Waals surface area contributed by atoms with Crippen molar-refractivity contribution in [3.63, 3.8) is 0 Å². The Labute approximate surface area is 235 Å². The number of phenolic OH excluding ortho intramolecular Hbond substituents is 2. The zero-order valence-corrected chi connectivity index (χ0v) is 21.7. The van der Waals surface area contributed by atoms with E-state index in [1.54, 1.807) is 0 Å². The molecule has 2 heterocycles. The third-order valence-corrected chi connectivity index (χ3v) is 6.96. The Morgan fingerprint density at radius 3 is 2.05 bits per heavy atom. The monoisotopic (exact) mass is 602 g/mol. The summed E-state index contributed by atoms with van der Waals surface area (Å²) >= 11 is 0. The lowest BCUT2D eigenvalue weighted by atomic mass is 9.97. The van der Waals surface area contributed by atoms with Gasteiger partial charge in [-0.3, -0.25) is 4.79 Å². The van der Waals surface area contributed by atoms with Crippen LogP contribution < -0.4 is 10.2 Å². The van der Waals surface area contributed by atoms with Gasteiger partial charge in [0.15, 0.2) is 23.5 Å². The number of ether oxygens (including phenoxy) is 5. The molecule has 0 spiro atoms. The van der Waals surface area contributed by atoms with Crippen molar-refractivity contribution < 1.29 is 79.5 Å². The second-order valence-corrected chi connectivity index (χ2v) is 9.61. The molecule has 2 saturated heterocycles. The zero-order chi connectivity index (χ0) is 31.0. The molecule has 0 radical (unpaired) electrons. The lowest BCUT2D eigenvalue weighted by Crippen LogP contribution is -2.65. The summed E-state index contributed by atoms with van der Waals surface area (Å²) < 4.78 is 26.2. The summed E-state index contributed by atoms with van der Waals surface area (Å²) in [6.45, 7) is -1.65. The Bertz CT molecular complexity index is 1360. The van der Waals surface area contributed by atoms with Crippen LogP contribution in [0.4, 0.5) is 0 Å². The van der Waals surface area contributed by atoms with E-state index >= 15 is 0 Å². The molecule has 2 fully saturated rings. The van der Waals surface area contributed by atoms with Gasteiger partial charge in [-0.25, -0.2) is 4.79 Å². The number of rotatable bonds is 7. The van der Waals surface area contributed by atoms with Gasteiger partial charge in [-0.2, -0.15) is 0 Å². The number of fused-ring (bicyclic) bond motifs is 1. The molecular weight excluding hydrogens is 572 g/mol. The standard InChI is InChI=1S/C25H30O17/c1-38-23(37)8-2-7-4-10(15(30)17(32)13(7)14(29)9(28)3-8)39-24-21(36)19(34)22(12(6-27)41-24)42-25-20(35)18(33)16(31)11(5-26)40-25/h2-4,11-12,16,18-22,24-27,30-36H,5-6H2,1H3,(H,28,29)/t11?,12-,16-,18+,19-,20-,21-,22-,24-,25-/m1/s1. The molecule has 232 valence electrons. The number of methoxy groups -OCH3 is 1. The largest absolute Gasteiger partial charge is 0.504 e. The molecule has 10 atom stereocenters. The molecule has 10 N–H and O–H groups in total. The molecule has 17 nitrogen and oxygen atoms in total.